The van der Waals surface area contributed by atoms with E-state index in [1.54, 1.807) is 36.4 Å². The lowest BCUT2D eigenvalue weighted by molar-refractivity contribution is -0.140. The maximum Gasteiger partial charge on any atom is 0.295 e. The Morgan fingerprint density at radius 2 is 1.96 bits per heavy atom. The SMILES string of the molecule is CCCCN1C(=O)C(=O)/C(=C(\O)c2ccc(Cl)cc2)C1c1ccco1. The van der Waals surface area contributed by atoms with Gasteiger partial charge < -0.3 is 14.4 Å². The fourth-order valence-corrected chi connectivity index (χ4v) is 3.07. The lowest BCUT2D eigenvalue weighted by atomic mass is 9.99. The van der Waals surface area contributed by atoms with Gasteiger partial charge in [-0.25, -0.2) is 0 Å². The van der Waals surface area contributed by atoms with Crippen LogP contribution in [0.5, 0.6) is 0 Å². The molecule has 3 rings (SSSR count). The summed E-state index contributed by atoms with van der Waals surface area (Å²) in [7, 11) is 0. The summed E-state index contributed by atoms with van der Waals surface area (Å²) in [5.41, 5.74) is 0.466. The number of amides is 1. The molecule has 0 aliphatic carbocycles. The number of halogens is 1. The molecular weight excluding hydrogens is 342 g/mol. The van der Waals surface area contributed by atoms with Crippen LogP contribution in [0.25, 0.3) is 5.76 Å². The first-order chi connectivity index (χ1) is 12.0. The van der Waals surface area contributed by atoms with Gasteiger partial charge in [-0.1, -0.05) is 24.9 Å². The number of ketones is 1. The number of unbranched alkanes of at least 4 members (excludes halogenated alkanes) is 1. The minimum absolute atomic E-state index is 0.0402. The van der Waals surface area contributed by atoms with Crippen LogP contribution in [0.15, 0.2) is 52.7 Å². The molecular formula is C19H18ClNO4. The normalized spacial score (nSPS) is 19.6. The summed E-state index contributed by atoms with van der Waals surface area (Å²) < 4.78 is 5.45. The van der Waals surface area contributed by atoms with E-state index in [9.17, 15) is 14.7 Å². The summed E-state index contributed by atoms with van der Waals surface area (Å²) in [5.74, 6) is -1.10. The number of nitrogens with zero attached hydrogens (tertiary/aromatic N) is 1. The van der Waals surface area contributed by atoms with E-state index in [1.807, 2.05) is 6.92 Å². The van der Waals surface area contributed by atoms with Crippen molar-refractivity contribution in [1.29, 1.82) is 0 Å². The highest BCUT2D eigenvalue weighted by Gasteiger charge is 2.47. The Balaban J connectivity index is 2.11. The summed E-state index contributed by atoms with van der Waals surface area (Å²) in [6.07, 6.45) is 3.12. The molecule has 1 unspecified atom stereocenters. The first kappa shape index (κ1) is 17.3. The average molecular weight is 360 g/mol. The molecule has 0 radical (unpaired) electrons. The number of rotatable bonds is 5. The monoisotopic (exact) mass is 359 g/mol. The highest BCUT2D eigenvalue weighted by atomic mass is 35.5. The molecule has 1 aromatic carbocycles. The van der Waals surface area contributed by atoms with E-state index in [1.165, 1.54) is 11.2 Å². The molecule has 25 heavy (non-hydrogen) atoms. The van der Waals surface area contributed by atoms with Crippen LogP contribution in [-0.4, -0.2) is 28.2 Å². The van der Waals surface area contributed by atoms with Crippen LogP contribution in [0.4, 0.5) is 0 Å². The first-order valence-electron chi connectivity index (χ1n) is 8.12. The third-order valence-electron chi connectivity index (χ3n) is 4.22. The van der Waals surface area contributed by atoms with Crippen molar-refractivity contribution in [3.05, 3.63) is 64.6 Å². The summed E-state index contributed by atoms with van der Waals surface area (Å²) >= 11 is 5.88. The van der Waals surface area contributed by atoms with Gasteiger partial charge in [-0.15, -0.1) is 0 Å². The molecule has 0 spiro atoms. The van der Waals surface area contributed by atoms with Crippen LogP contribution in [-0.2, 0) is 9.59 Å². The van der Waals surface area contributed by atoms with E-state index in [2.05, 4.69) is 0 Å². The molecule has 0 bridgehead atoms. The van der Waals surface area contributed by atoms with Gasteiger partial charge in [0.2, 0.25) is 0 Å². The Morgan fingerprint density at radius 3 is 2.56 bits per heavy atom. The summed E-state index contributed by atoms with van der Waals surface area (Å²) in [6, 6.07) is 9.11. The van der Waals surface area contributed by atoms with Crippen LogP contribution in [0, 0.1) is 0 Å². The number of carbonyl (C=O) groups is 2. The van der Waals surface area contributed by atoms with Crippen molar-refractivity contribution in [3.8, 4) is 0 Å². The smallest absolute Gasteiger partial charge is 0.295 e. The van der Waals surface area contributed by atoms with Crippen molar-refractivity contribution < 1.29 is 19.1 Å². The quantitative estimate of drug-likeness (QED) is 0.494. The number of furan rings is 1. The van der Waals surface area contributed by atoms with Crippen LogP contribution < -0.4 is 0 Å². The molecule has 1 fully saturated rings. The lowest BCUT2D eigenvalue weighted by Crippen LogP contribution is -2.30. The molecule has 1 amide bonds. The van der Waals surface area contributed by atoms with Crippen molar-refractivity contribution in [3.63, 3.8) is 0 Å². The number of likely N-dealkylation sites (tertiary alicyclic amines) is 1. The van der Waals surface area contributed by atoms with Crippen LogP contribution in [0.1, 0.15) is 37.1 Å². The highest BCUT2D eigenvalue weighted by Crippen LogP contribution is 2.39. The maximum absolute atomic E-state index is 12.6. The van der Waals surface area contributed by atoms with Crippen LogP contribution >= 0.6 is 11.6 Å². The van der Waals surface area contributed by atoms with E-state index in [4.69, 9.17) is 16.0 Å². The number of aliphatic hydroxyl groups excluding tert-OH is 1. The summed E-state index contributed by atoms with van der Waals surface area (Å²) in [6.45, 7) is 2.43. The van der Waals surface area contributed by atoms with E-state index in [-0.39, 0.29) is 11.3 Å². The fourth-order valence-electron chi connectivity index (χ4n) is 2.95. The highest BCUT2D eigenvalue weighted by molar-refractivity contribution is 6.46. The predicted octanol–water partition coefficient (Wildman–Crippen LogP) is 4.15. The molecule has 2 aromatic rings. The van der Waals surface area contributed by atoms with Gasteiger partial charge in [-0.3, -0.25) is 9.59 Å². The second-order valence-electron chi connectivity index (χ2n) is 5.87. The van der Waals surface area contributed by atoms with E-state index >= 15 is 0 Å². The second-order valence-corrected chi connectivity index (χ2v) is 6.30. The molecule has 1 aliphatic heterocycles. The number of aliphatic hydroxyl groups is 1. The van der Waals surface area contributed by atoms with Gasteiger partial charge in [0.15, 0.2) is 0 Å². The number of hydrogen-bond donors (Lipinski definition) is 1. The molecule has 0 saturated carbocycles. The first-order valence-corrected chi connectivity index (χ1v) is 8.50. The van der Waals surface area contributed by atoms with Gasteiger partial charge in [-0.2, -0.15) is 0 Å². The molecule has 1 saturated heterocycles. The number of hydrogen-bond acceptors (Lipinski definition) is 4. The van der Waals surface area contributed by atoms with Crippen molar-refractivity contribution in [1.82, 2.24) is 4.90 Å². The average Bonchev–Trinajstić information content (AvgIpc) is 3.21. The van der Waals surface area contributed by atoms with Crippen LogP contribution in [0.3, 0.4) is 0 Å². The topological polar surface area (TPSA) is 70.8 Å². The van der Waals surface area contributed by atoms with Gasteiger partial charge in [0.05, 0.1) is 11.8 Å². The zero-order valence-electron chi connectivity index (χ0n) is 13.7. The number of benzene rings is 1. The Kier molecular flexibility index (Phi) is 4.95. The number of carbonyl (C=O) groups excluding carboxylic acids is 2. The van der Waals surface area contributed by atoms with Crippen molar-refractivity contribution in [2.45, 2.75) is 25.8 Å². The summed E-state index contributed by atoms with van der Waals surface area (Å²) in [4.78, 5) is 26.5. The van der Waals surface area contributed by atoms with Crippen molar-refractivity contribution >= 4 is 29.1 Å². The van der Waals surface area contributed by atoms with Crippen LogP contribution in [0.2, 0.25) is 5.02 Å². The molecule has 1 N–H and O–H groups in total. The molecule has 2 heterocycles. The van der Waals surface area contributed by atoms with Crippen molar-refractivity contribution in [2.24, 2.45) is 0 Å². The summed E-state index contributed by atoms with van der Waals surface area (Å²) in [5, 5.41) is 11.2. The fraction of sp³-hybridized carbons (Fsp3) is 0.263. The third-order valence-corrected chi connectivity index (χ3v) is 4.47. The maximum atomic E-state index is 12.6. The number of Topliss-reactive ketones (excluding diaryl/α,β-unsaturated/α-hetero) is 1. The molecule has 130 valence electrons. The Labute approximate surface area is 150 Å². The van der Waals surface area contributed by atoms with Crippen molar-refractivity contribution in [2.75, 3.05) is 6.54 Å². The zero-order chi connectivity index (χ0) is 18.0. The second kappa shape index (κ2) is 7.15. The largest absolute Gasteiger partial charge is 0.507 e. The predicted molar refractivity (Wildman–Crippen MR) is 94.1 cm³/mol. The third kappa shape index (κ3) is 3.20. The minimum atomic E-state index is -0.725. The molecule has 5 nitrogen and oxygen atoms in total. The van der Waals surface area contributed by atoms with Gasteiger partial charge in [0.1, 0.15) is 17.6 Å². The molecule has 6 heteroatoms. The Bertz CT molecular complexity index is 808. The molecule has 1 atom stereocenters. The lowest BCUT2D eigenvalue weighted by Gasteiger charge is -2.23. The van der Waals surface area contributed by atoms with Gasteiger partial charge in [0, 0.05) is 17.1 Å². The minimum Gasteiger partial charge on any atom is -0.507 e. The van der Waals surface area contributed by atoms with E-state index in [0.717, 1.165) is 12.8 Å². The Morgan fingerprint density at radius 1 is 1.24 bits per heavy atom. The van der Waals surface area contributed by atoms with Gasteiger partial charge in [0.25, 0.3) is 11.7 Å². The standard InChI is InChI=1S/C19H18ClNO4/c1-2-3-10-21-16(14-5-4-11-25-14)15(18(23)19(21)24)17(22)12-6-8-13(20)9-7-12/h4-9,11,16,22H,2-3,10H2,1H3/b17-15-. The molecule has 1 aromatic heterocycles. The zero-order valence-corrected chi connectivity index (χ0v) is 14.5. The van der Waals surface area contributed by atoms with E-state index < -0.39 is 17.7 Å². The molecule has 1 aliphatic rings. The van der Waals surface area contributed by atoms with Gasteiger partial charge >= 0.3 is 0 Å². The Hall–Kier alpha value is -2.53. The van der Waals surface area contributed by atoms with Gasteiger partial charge in [-0.05, 0) is 42.8 Å². The van der Waals surface area contributed by atoms with E-state index in [0.29, 0.717) is 22.9 Å².